The topological polar surface area (TPSA) is 51.1 Å². The molecule has 4 nitrogen and oxygen atoms in total. The monoisotopic (exact) mass is 336 g/mol. The molecule has 0 saturated heterocycles. The molecular formula is C20H17FN2O2. The first-order valence-electron chi connectivity index (χ1n) is 7.85. The molecule has 0 saturated carbocycles. The zero-order valence-electron chi connectivity index (χ0n) is 13.7. The van der Waals surface area contributed by atoms with Crippen molar-refractivity contribution in [3.63, 3.8) is 0 Å². The van der Waals surface area contributed by atoms with Crippen LogP contribution >= 0.6 is 0 Å². The van der Waals surface area contributed by atoms with Gasteiger partial charge in [0, 0.05) is 11.9 Å². The summed E-state index contributed by atoms with van der Waals surface area (Å²) in [5.41, 5.74) is 2.20. The number of aromatic nitrogens is 1. The van der Waals surface area contributed by atoms with Crippen LogP contribution in [0.4, 0.5) is 10.1 Å². The number of halogens is 1. The van der Waals surface area contributed by atoms with Crippen molar-refractivity contribution in [2.24, 2.45) is 0 Å². The highest BCUT2D eigenvalue weighted by atomic mass is 19.1. The van der Waals surface area contributed by atoms with Crippen LogP contribution < -0.4 is 10.9 Å². The largest absolute Gasteiger partial charge is 0.322 e. The molecule has 1 N–H and O–H groups in total. The Balaban J connectivity index is 1.85. The van der Waals surface area contributed by atoms with Gasteiger partial charge in [-0.15, -0.1) is 0 Å². The molecule has 0 aliphatic rings. The number of nitrogens with one attached hydrogen (secondary N) is 1. The van der Waals surface area contributed by atoms with Crippen molar-refractivity contribution in [3.8, 4) is 0 Å². The summed E-state index contributed by atoms with van der Waals surface area (Å²) >= 11 is 0. The van der Waals surface area contributed by atoms with Crippen LogP contribution in [0.25, 0.3) is 0 Å². The van der Waals surface area contributed by atoms with E-state index in [9.17, 15) is 14.0 Å². The minimum atomic E-state index is -0.518. The molecular weight excluding hydrogens is 319 g/mol. The second-order valence-corrected chi connectivity index (χ2v) is 5.74. The van der Waals surface area contributed by atoms with Gasteiger partial charge in [-0.05, 0) is 54.4 Å². The van der Waals surface area contributed by atoms with Gasteiger partial charge in [-0.2, -0.15) is 0 Å². The fourth-order valence-electron chi connectivity index (χ4n) is 2.54. The molecule has 0 radical (unpaired) electrons. The molecule has 3 rings (SSSR count). The van der Waals surface area contributed by atoms with Gasteiger partial charge < -0.3 is 9.88 Å². The van der Waals surface area contributed by atoms with E-state index in [4.69, 9.17) is 0 Å². The summed E-state index contributed by atoms with van der Waals surface area (Å²) in [6.07, 6.45) is 1.66. The zero-order chi connectivity index (χ0) is 17.8. The molecule has 25 heavy (non-hydrogen) atoms. The average molecular weight is 336 g/mol. The quantitative estimate of drug-likeness (QED) is 0.791. The van der Waals surface area contributed by atoms with E-state index in [-0.39, 0.29) is 11.1 Å². The molecule has 0 bridgehead atoms. The standard InChI is InChI=1S/C20H17FN2O2/c1-14-5-2-3-6-15(14)13-23-12-4-7-18(20(23)25)19(24)22-17-10-8-16(21)9-11-17/h2-12H,13H2,1H3,(H,22,24). The predicted octanol–water partition coefficient (Wildman–Crippen LogP) is 3.60. The highest BCUT2D eigenvalue weighted by Crippen LogP contribution is 2.11. The summed E-state index contributed by atoms with van der Waals surface area (Å²) in [5, 5.41) is 2.61. The number of nitrogens with zero attached hydrogens (tertiary/aromatic N) is 1. The summed E-state index contributed by atoms with van der Waals surface area (Å²) in [4.78, 5) is 25.0. The van der Waals surface area contributed by atoms with E-state index in [2.05, 4.69) is 5.32 Å². The minimum Gasteiger partial charge on any atom is -0.322 e. The van der Waals surface area contributed by atoms with Crippen LogP contribution in [0, 0.1) is 12.7 Å². The molecule has 5 heteroatoms. The average Bonchev–Trinajstić information content (AvgIpc) is 2.60. The molecule has 0 aliphatic carbocycles. The van der Waals surface area contributed by atoms with Crippen molar-refractivity contribution in [1.82, 2.24) is 4.57 Å². The molecule has 0 atom stereocenters. The molecule has 0 spiro atoms. The van der Waals surface area contributed by atoms with Gasteiger partial charge in [0.1, 0.15) is 11.4 Å². The molecule has 1 aromatic heterocycles. The summed E-state index contributed by atoms with van der Waals surface area (Å²) in [7, 11) is 0. The van der Waals surface area contributed by atoms with E-state index in [0.29, 0.717) is 12.2 Å². The number of anilines is 1. The number of pyridine rings is 1. The third kappa shape index (κ3) is 3.83. The van der Waals surface area contributed by atoms with Gasteiger partial charge in [0.2, 0.25) is 0 Å². The second kappa shape index (κ2) is 7.13. The molecule has 1 heterocycles. The Hall–Kier alpha value is -3.21. The van der Waals surface area contributed by atoms with Crippen LogP contribution in [0.2, 0.25) is 0 Å². The number of amides is 1. The second-order valence-electron chi connectivity index (χ2n) is 5.74. The Kier molecular flexibility index (Phi) is 4.75. The summed E-state index contributed by atoms with van der Waals surface area (Å²) in [6, 6.07) is 16.3. The maximum Gasteiger partial charge on any atom is 0.263 e. The Bertz CT molecular complexity index is 962. The van der Waals surface area contributed by atoms with Gasteiger partial charge in [0.15, 0.2) is 0 Å². The van der Waals surface area contributed by atoms with Gasteiger partial charge in [-0.3, -0.25) is 9.59 Å². The molecule has 1 amide bonds. The number of carbonyl (C=O) groups is 1. The molecule has 126 valence electrons. The Labute approximate surface area is 144 Å². The first-order valence-corrected chi connectivity index (χ1v) is 7.85. The Morgan fingerprint density at radius 2 is 1.76 bits per heavy atom. The van der Waals surface area contributed by atoms with E-state index >= 15 is 0 Å². The lowest BCUT2D eigenvalue weighted by molar-refractivity contribution is 0.102. The lowest BCUT2D eigenvalue weighted by Crippen LogP contribution is -2.29. The number of rotatable bonds is 4. The molecule has 2 aromatic carbocycles. The smallest absolute Gasteiger partial charge is 0.263 e. The minimum absolute atomic E-state index is 0.0420. The Morgan fingerprint density at radius 1 is 1.04 bits per heavy atom. The number of hydrogen-bond acceptors (Lipinski definition) is 2. The summed E-state index contributed by atoms with van der Waals surface area (Å²) in [5.74, 6) is -0.908. The van der Waals surface area contributed by atoms with Gasteiger partial charge in [0.05, 0.1) is 6.54 Å². The summed E-state index contributed by atoms with van der Waals surface area (Å²) in [6.45, 7) is 2.37. The van der Waals surface area contributed by atoms with Crippen LogP contribution in [0.3, 0.4) is 0 Å². The third-order valence-corrected chi connectivity index (χ3v) is 3.97. The molecule has 3 aromatic rings. The first kappa shape index (κ1) is 16.6. The van der Waals surface area contributed by atoms with Crippen molar-refractivity contribution in [2.75, 3.05) is 5.32 Å². The van der Waals surface area contributed by atoms with Crippen LogP contribution in [0.15, 0.2) is 71.7 Å². The fourth-order valence-corrected chi connectivity index (χ4v) is 2.54. The SMILES string of the molecule is Cc1ccccc1Cn1cccc(C(=O)Nc2ccc(F)cc2)c1=O. The Morgan fingerprint density at radius 3 is 2.48 bits per heavy atom. The number of aryl methyl sites for hydroxylation is 1. The fraction of sp³-hybridized carbons (Fsp3) is 0.100. The van der Waals surface area contributed by atoms with Crippen molar-refractivity contribution in [2.45, 2.75) is 13.5 Å². The van der Waals surface area contributed by atoms with Gasteiger partial charge in [-0.1, -0.05) is 24.3 Å². The summed E-state index contributed by atoms with van der Waals surface area (Å²) < 4.78 is 14.4. The van der Waals surface area contributed by atoms with E-state index < -0.39 is 11.7 Å². The van der Waals surface area contributed by atoms with Crippen LogP contribution in [-0.2, 0) is 6.54 Å². The van der Waals surface area contributed by atoms with Crippen molar-refractivity contribution in [3.05, 3.63) is 99.7 Å². The lowest BCUT2D eigenvalue weighted by Gasteiger charge is -2.10. The lowest BCUT2D eigenvalue weighted by atomic mass is 10.1. The van der Waals surface area contributed by atoms with Crippen LogP contribution in [0.5, 0.6) is 0 Å². The normalized spacial score (nSPS) is 10.5. The third-order valence-electron chi connectivity index (χ3n) is 3.97. The molecule has 0 fully saturated rings. The van der Waals surface area contributed by atoms with Gasteiger partial charge in [-0.25, -0.2) is 4.39 Å². The van der Waals surface area contributed by atoms with Gasteiger partial charge in [0.25, 0.3) is 11.5 Å². The molecule has 0 unspecified atom stereocenters. The van der Waals surface area contributed by atoms with E-state index in [1.54, 1.807) is 12.3 Å². The van der Waals surface area contributed by atoms with Crippen molar-refractivity contribution >= 4 is 11.6 Å². The zero-order valence-corrected chi connectivity index (χ0v) is 13.7. The maximum atomic E-state index is 12.9. The number of carbonyl (C=O) groups excluding carboxylic acids is 1. The first-order chi connectivity index (χ1) is 12.0. The van der Waals surface area contributed by atoms with Gasteiger partial charge >= 0.3 is 0 Å². The maximum absolute atomic E-state index is 12.9. The molecule has 0 aliphatic heterocycles. The predicted molar refractivity (Wildman–Crippen MR) is 95.3 cm³/mol. The van der Waals surface area contributed by atoms with E-state index in [1.165, 1.54) is 34.9 Å². The van der Waals surface area contributed by atoms with Crippen molar-refractivity contribution < 1.29 is 9.18 Å². The van der Waals surface area contributed by atoms with E-state index in [0.717, 1.165) is 11.1 Å². The van der Waals surface area contributed by atoms with E-state index in [1.807, 2.05) is 31.2 Å². The van der Waals surface area contributed by atoms with Crippen LogP contribution in [-0.4, -0.2) is 10.5 Å². The highest BCUT2D eigenvalue weighted by Gasteiger charge is 2.13. The van der Waals surface area contributed by atoms with Crippen LogP contribution in [0.1, 0.15) is 21.5 Å². The van der Waals surface area contributed by atoms with Crippen molar-refractivity contribution in [1.29, 1.82) is 0 Å². The number of benzene rings is 2. The number of hydrogen-bond donors (Lipinski definition) is 1. The highest BCUT2D eigenvalue weighted by molar-refractivity contribution is 6.03.